The smallest absolute Gasteiger partial charge is 0.0818 e. The number of hydrogen-bond acceptors (Lipinski definition) is 4. The molecule has 96 valence electrons. The van der Waals surface area contributed by atoms with Crippen LogP contribution < -0.4 is 16.2 Å². The van der Waals surface area contributed by atoms with Gasteiger partial charge in [0.2, 0.25) is 0 Å². The molecule has 1 atom stereocenters. The molecule has 0 saturated heterocycles. The summed E-state index contributed by atoms with van der Waals surface area (Å²) >= 11 is 7.77. The SMILES string of the molecule is CN(C)c1cccc(C(NN)c2sccc2Cl)c1. The Balaban J connectivity index is 2.39. The molecule has 3 N–H and O–H groups in total. The van der Waals surface area contributed by atoms with Gasteiger partial charge in [-0.05, 0) is 29.1 Å². The second-order valence-electron chi connectivity index (χ2n) is 4.22. The molecule has 18 heavy (non-hydrogen) atoms. The highest BCUT2D eigenvalue weighted by atomic mass is 35.5. The Morgan fingerprint density at radius 2 is 2.11 bits per heavy atom. The quantitative estimate of drug-likeness (QED) is 0.669. The number of anilines is 1. The number of nitrogens with two attached hydrogens (primary N) is 1. The Labute approximate surface area is 116 Å². The van der Waals surface area contributed by atoms with Crippen molar-refractivity contribution in [3.05, 3.63) is 51.2 Å². The van der Waals surface area contributed by atoms with Crippen LogP contribution in [0.5, 0.6) is 0 Å². The number of hydrazine groups is 1. The van der Waals surface area contributed by atoms with Crippen molar-refractivity contribution in [3.63, 3.8) is 0 Å². The lowest BCUT2D eigenvalue weighted by molar-refractivity contribution is 0.646. The minimum Gasteiger partial charge on any atom is -0.378 e. The van der Waals surface area contributed by atoms with Crippen LogP contribution in [-0.2, 0) is 0 Å². The Bertz CT molecular complexity index is 524. The molecule has 0 amide bonds. The predicted molar refractivity (Wildman–Crippen MR) is 79.3 cm³/mol. The largest absolute Gasteiger partial charge is 0.378 e. The van der Waals surface area contributed by atoms with E-state index in [1.807, 2.05) is 37.7 Å². The summed E-state index contributed by atoms with van der Waals surface area (Å²) in [6.45, 7) is 0. The van der Waals surface area contributed by atoms with Crippen LogP contribution in [0.2, 0.25) is 5.02 Å². The highest BCUT2D eigenvalue weighted by Gasteiger charge is 2.17. The topological polar surface area (TPSA) is 41.3 Å². The number of benzene rings is 1. The Kier molecular flexibility index (Phi) is 4.24. The van der Waals surface area contributed by atoms with Gasteiger partial charge in [0.25, 0.3) is 0 Å². The van der Waals surface area contributed by atoms with Gasteiger partial charge in [-0.25, -0.2) is 5.43 Å². The van der Waals surface area contributed by atoms with Crippen LogP contribution in [0.3, 0.4) is 0 Å². The van der Waals surface area contributed by atoms with E-state index < -0.39 is 0 Å². The molecule has 1 unspecified atom stereocenters. The zero-order chi connectivity index (χ0) is 13.1. The molecule has 0 aliphatic carbocycles. The van der Waals surface area contributed by atoms with E-state index in [0.29, 0.717) is 0 Å². The van der Waals surface area contributed by atoms with Crippen molar-refractivity contribution in [2.45, 2.75) is 6.04 Å². The van der Waals surface area contributed by atoms with Crippen molar-refractivity contribution in [2.75, 3.05) is 19.0 Å². The maximum Gasteiger partial charge on any atom is 0.0818 e. The second-order valence-corrected chi connectivity index (χ2v) is 5.58. The number of hydrogen-bond donors (Lipinski definition) is 2. The van der Waals surface area contributed by atoms with Crippen molar-refractivity contribution >= 4 is 28.6 Å². The lowest BCUT2D eigenvalue weighted by Crippen LogP contribution is -2.28. The fraction of sp³-hybridized carbons (Fsp3) is 0.231. The van der Waals surface area contributed by atoms with Crippen molar-refractivity contribution < 1.29 is 0 Å². The molecular formula is C13H16ClN3S. The molecule has 0 spiro atoms. The molecule has 5 heteroatoms. The lowest BCUT2D eigenvalue weighted by Gasteiger charge is -2.19. The Hall–Kier alpha value is -1.07. The highest BCUT2D eigenvalue weighted by molar-refractivity contribution is 7.10. The maximum absolute atomic E-state index is 6.17. The first kappa shape index (κ1) is 13.4. The van der Waals surface area contributed by atoms with Gasteiger partial charge < -0.3 is 4.90 Å². The third-order valence-corrected chi connectivity index (χ3v) is 4.22. The van der Waals surface area contributed by atoms with Crippen molar-refractivity contribution in [1.82, 2.24) is 5.43 Å². The zero-order valence-corrected chi connectivity index (χ0v) is 11.9. The van der Waals surface area contributed by atoms with Crippen molar-refractivity contribution in [3.8, 4) is 0 Å². The van der Waals surface area contributed by atoms with Crippen LogP contribution in [0, 0.1) is 0 Å². The standard InChI is InChI=1S/C13H16ClN3S/c1-17(2)10-5-3-4-9(8-10)12(16-15)13-11(14)6-7-18-13/h3-8,12,16H,15H2,1-2H3. The maximum atomic E-state index is 6.17. The first-order valence-corrected chi connectivity index (χ1v) is 6.85. The third-order valence-electron chi connectivity index (χ3n) is 2.79. The monoisotopic (exact) mass is 281 g/mol. The van der Waals surface area contributed by atoms with E-state index in [9.17, 15) is 0 Å². The molecule has 0 saturated carbocycles. The minimum atomic E-state index is -0.0719. The lowest BCUT2D eigenvalue weighted by atomic mass is 10.0. The van der Waals surface area contributed by atoms with Crippen LogP contribution >= 0.6 is 22.9 Å². The van der Waals surface area contributed by atoms with Gasteiger partial charge in [-0.1, -0.05) is 23.7 Å². The van der Waals surface area contributed by atoms with Crippen LogP contribution in [0.15, 0.2) is 35.7 Å². The zero-order valence-electron chi connectivity index (χ0n) is 10.4. The molecule has 2 aromatic rings. The Morgan fingerprint density at radius 3 is 2.67 bits per heavy atom. The number of halogens is 1. The first-order chi connectivity index (χ1) is 8.63. The van der Waals surface area contributed by atoms with Crippen LogP contribution in [0.25, 0.3) is 0 Å². The molecule has 0 fully saturated rings. The summed E-state index contributed by atoms with van der Waals surface area (Å²) < 4.78 is 0. The van der Waals surface area contributed by atoms with Gasteiger partial charge in [0.1, 0.15) is 0 Å². The first-order valence-electron chi connectivity index (χ1n) is 5.59. The summed E-state index contributed by atoms with van der Waals surface area (Å²) in [7, 11) is 4.03. The van der Waals surface area contributed by atoms with Crippen molar-refractivity contribution in [2.24, 2.45) is 5.84 Å². The van der Waals surface area contributed by atoms with Gasteiger partial charge in [0.05, 0.1) is 11.1 Å². The number of rotatable bonds is 4. The fourth-order valence-electron chi connectivity index (χ4n) is 1.82. The van der Waals surface area contributed by atoms with Gasteiger partial charge in [0, 0.05) is 24.7 Å². The van der Waals surface area contributed by atoms with Gasteiger partial charge in [-0.3, -0.25) is 5.84 Å². The van der Waals surface area contributed by atoms with Gasteiger partial charge >= 0.3 is 0 Å². The molecular weight excluding hydrogens is 266 g/mol. The number of nitrogens with one attached hydrogen (secondary N) is 1. The molecule has 0 bridgehead atoms. The van der Waals surface area contributed by atoms with Crippen LogP contribution in [0.4, 0.5) is 5.69 Å². The fourth-order valence-corrected chi connectivity index (χ4v) is 3.07. The summed E-state index contributed by atoms with van der Waals surface area (Å²) in [5, 5.41) is 2.72. The van der Waals surface area contributed by atoms with Crippen LogP contribution in [0.1, 0.15) is 16.5 Å². The molecule has 1 aromatic heterocycles. The van der Waals surface area contributed by atoms with Gasteiger partial charge in [-0.2, -0.15) is 0 Å². The molecule has 1 aromatic carbocycles. The van der Waals surface area contributed by atoms with Crippen molar-refractivity contribution in [1.29, 1.82) is 0 Å². The minimum absolute atomic E-state index is 0.0719. The van der Waals surface area contributed by atoms with Gasteiger partial charge in [0.15, 0.2) is 0 Å². The van der Waals surface area contributed by atoms with E-state index in [4.69, 9.17) is 17.4 Å². The van der Waals surface area contributed by atoms with E-state index >= 15 is 0 Å². The normalized spacial score (nSPS) is 12.4. The summed E-state index contributed by atoms with van der Waals surface area (Å²) in [6.07, 6.45) is 0. The molecule has 0 aliphatic rings. The second kappa shape index (κ2) is 5.71. The molecule has 0 radical (unpaired) electrons. The summed E-state index contributed by atoms with van der Waals surface area (Å²) in [4.78, 5) is 3.10. The third kappa shape index (κ3) is 2.67. The molecule has 2 rings (SSSR count). The van der Waals surface area contributed by atoms with Gasteiger partial charge in [-0.15, -0.1) is 11.3 Å². The highest BCUT2D eigenvalue weighted by Crippen LogP contribution is 2.33. The molecule has 0 aliphatic heterocycles. The Morgan fingerprint density at radius 1 is 1.33 bits per heavy atom. The van der Waals surface area contributed by atoms with E-state index in [-0.39, 0.29) is 6.04 Å². The van der Waals surface area contributed by atoms with E-state index in [0.717, 1.165) is 21.2 Å². The van der Waals surface area contributed by atoms with E-state index in [1.165, 1.54) is 0 Å². The predicted octanol–water partition coefficient (Wildman–Crippen LogP) is 3.02. The average Bonchev–Trinajstić information content (AvgIpc) is 2.77. The molecule has 1 heterocycles. The van der Waals surface area contributed by atoms with E-state index in [2.05, 4.69) is 22.5 Å². The number of nitrogens with zero attached hydrogens (tertiary/aromatic N) is 1. The summed E-state index contributed by atoms with van der Waals surface area (Å²) in [5.74, 6) is 5.68. The van der Waals surface area contributed by atoms with Crippen LogP contribution in [-0.4, -0.2) is 14.1 Å². The average molecular weight is 282 g/mol. The van der Waals surface area contributed by atoms with E-state index in [1.54, 1.807) is 11.3 Å². The number of thiophene rings is 1. The summed E-state index contributed by atoms with van der Waals surface area (Å²) in [6, 6.07) is 10.1. The molecule has 3 nitrogen and oxygen atoms in total. The summed E-state index contributed by atoms with van der Waals surface area (Å²) in [5.41, 5.74) is 5.08.